The van der Waals surface area contributed by atoms with Crippen LogP contribution in [0.25, 0.3) is 0 Å². The molecular formula is C16H25F2N. The third-order valence-corrected chi connectivity index (χ3v) is 3.22. The van der Waals surface area contributed by atoms with Crippen molar-refractivity contribution in [1.29, 1.82) is 0 Å². The number of benzene rings is 1. The average molecular weight is 269 g/mol. The maximum Gasteiger partial charge on any atom is 0.129 e. The molecule has 0 heterocycles. The van der Waals surface area contributed by atoms with Gasteiger partial charge in [0.1, 0.15) is 11.6 Å². The van der Waals surface area contributed by atoms with Gasteiger partial charge >= 0.3 is 0 Å². The minimum absolute atomic E-state index is 0.407. The fourth-order valence-corrected chi connectivity index (χ4v) is 2.27. The highest BCUT2D eigenvalue weighted by Crippen LogP contribution is 2.15. The minimum Gasteiger partial charge on any atom is -0.314 e. The predicted molar refractivity (Wildman–Crippen MR) is 76.2 cm³/mol. The molecule has 19 heavy (non-hydrogen) atoms. The first-order valence-electron chi connectivity index (χ1n) is 7.20. The lowest BCUT2D eigenvalue weighted by atomic mass is 9.97. The number of aryl methyl sites for hydroxylation is 1. The lowest BCUT2D eigenvalue weighted by Gasteiger charge is -2.20. The fraction of sp³-hybridized carbons (Fsp3) is 0.625. The summed E-state index contributed by atoms with van der Waals surface area (Å²) in [6, 6.07) is 4.25. The first kappa shape index (κ1) is 16.1. The Labute approximate surface area is 115 Å². The first-order valence-corrected chi connectivity index (χ1v) is 7.20. The summed E-state index contributed by atoms with van der Waals surface area (Å²) in [6.45, 7) is 7.51. The van der Waals surface area contributed by atoms with E-state index in [1.54, 1.807) is 6.07 Å². The van der Waals surface area contributed by atoms with Gasteiger partial charge in [0, 0.05) is 12.1 Å². The number of nitrogens with one attached hydrogen (secondary N) is 1. The molecule has 1 rings (SSSR count). The topological polar surface area (TPSA) is 12.0 Å². The summed E-state index contributed by atoms with van der Waals surface area (Å²) in [4.78, 5) is 0. The Morgan fingerprint density at radius 1 is 1.21 bits per heavy atom. The van der Waals surface area contributed by atoms with Gasteiger partial charge in [0.25, 0.3) is 0 Å². The van der Waals surface area contributed by atoms with E-state index in [0.717, 1.165) is 31.9 Å². The van der Waals surface area contributed by atoms with Crippen LogP contribution in [0.15, 0.2) is 18.2 Å². The molecule has 3 heteroatoms. The highest BCUT2D eigenvalue weighted by atomic mass is 19.1. The molecule has 1 nitrogen and oxygen atoms in total. The SMILES string of the molecule is CCCNC(CCc1ccc(F)cc1F)CC(C)C. The van der Waals surface area contributed by atoms with Crippen molar-refractivity contribution < 1.29 is 8.78 Å². The molecule has 0 spiro atoms. The van der Waals surface area contributed by atoms with E-state index in [4.69, 9.17) is 0 Å². The Bertz CT molecular complexity index is 377. The normalized spacial score (nSPS) is 12.9. The fourth-order valence-electron chi connectivity index (χ4n) is 2.27. The van der Waals surface area contributed by atoms with E-state index in [1.165, 1.54) is 6.07 Å². The van der Waals surface area contributed by atoms with Crippen LogP contribution in [-0.2, 0) is 6.42 Å². The molecule has 108 valence electrons. The Morgan fingerprint density at radius 2 is 1.95 bits per heavy atom. The van der Waals surface area contributed by atoms with Crippen molar-refractivity contribution in [2.45, 2.75) is 52.5 Å². The van der Waals surface area contributed by atoms with E-state index in [-0.39, 0.29) is 0 Å². The van der Waals surface area contributed by atoms with Crippen molar-refractivity contribution in [3.05, 3.63) is 35.4 Å². The van der Waals surface area contributed by atoms with Gasteiger partial charge in [-0.1, -0.05) is 26.8 Å². The van der Waals surface area contributed by atoms with E-state index < -0.39 is 11.6 Å². The zero-order chi connectivity index (χ0) is 14.3. The first-order chi connectivity index (χ1) is 9.02. The lowest BCUT2D eigenvalue weighted by Crippen LogP contribution is -2.31. The van der Waals surface area contributed by atoms with Crippen LogP contribution in [0.4, 0.5) is 8.78 Å². The molecular weight excluding hydrogens is 244 g/mol. The maximum atomic E-state index is 13.6. The van der Waals surface area contributed by atoms with Crippen molar-refractivity contribution in [2.75, 3.05) is 6.54 Å². The summed E-state index contributed by atoms with van der Waals surface area (Å²) in [5, 5.41) is 3.51. The third kappa shape index (κ3) is 6.15. The molecule has 0 saturated carbocycles. The smallest absolute Gasteiger partial charge is 0.129 e. The van der Waals surface area contributed by atoms with Crippen LogP contribution in [0.5, 0.6) is 0 Å². The molecule has 1 aromatic rings. The Morgan fingerprint density at radius 3 is 2.53 bits per heavy atom. The quantitative estimate of drug-likeness (QED) is 0.741. The van der Waals surface area contributed by atoms with Crippen LogP contribution >= 0.6 is 0 Å². The molecule has 0 amide bonds. The van der Waals surface area contributed by atoms with Gasteiger partial charge in [0.2, 0.25) is 0 Å². The molecule has 0 aliphatic rings. The molecule has 0 aliphatic carbocycles. The summed E-state index contributed by atoms with van der Waals surface area (Å²) >= 11 is 0. The maximum absolute atomic E-state index is 13.6. The molecule has 0 aromatic heterocycles. The monoisotopic (exact) mass is 269 g/mol. The zero-order valence-corrected chi connectivity index (χ0v) is 12.2. The highest BCUT2D eigenvalue weighted by molar-refractivity contribution is 5.18. The van der Waals surface area contributed by atoms with E-state index in [0.29, 0.717) is 23.9 Å². The standard InChI is InChI=1S/C16H25F2N/c1-4-9-19-15(10-12(2)3)8-6-13-5-7-14(17)11-16(13)18/h5,7,11-12,15,19H,4,6,8-10H2,1-3H3. The number of hydrogen-bond donors (Lipinski definition) is 1. The van der Waals surface area contributed by atoms with Gasteiger partial charge in [-0.2, -0.15) is 0 Å². The van der Waals surface area contributed by atoms with Crippen molar-refractivity contribution in [3.8, 4) is 0 Å². The Hall–Kier alpha value is -0.960. The van der Waals surface area contributed by atoms with Crippen LogP contribution < -0.4 is 5.32 Å². The average Bonchev–Trinajstić information content (AvgIpc) is 2.33. The second-order valence-corrected chi connectivity index (χ2v) is 5.56. The molecule has 0 fully saturated rings. The predicted octanol–water partition coefficient (Wildman–Crippen LogP) is 4.31. The molecule has 1 atom stereocenters. The van der Waals surface area contributed by atoms with E-state index in [1.807, 2.05) is 0 Å². The lowest BCUT2D eigenvalue weighted by molar-refractivity contribution is 0.396. The van der Waals surface area contributed by atoms with Crippen LogP contribution in [-0.4, -0.2) is 12.6 Å². The summed E-state index contributed by atoms with van der Waals surface area (Å²) in [6.07, 6.45) is 3.73. The van der Waals surface area contributed by atoms with Gasteiger partial charge in [-0.15, -0.1) is 0 Å². The molecule has 0 radical (unpaired) electrons. The summed E-state index contributed by atoms with van der Waals surface area (Å²) < 4.78 is 26.4. The number of rotatable bonds is 8. The van der Waals surface area contributed by atoms with Gasteiger partial charge in [-0.25, -0.2) is 8.78 Å². The summed E-state index contributed by atoms with van der Waals surface area (Å²) in [5.41, 5.74) is 0.605. The van der Waals surface area contributed by atoms with Gasteiger partial charge in [-0.3, -0.25) is 0 Å². The van der Waals surface area contributed by atoms with E-state index in [2.05, 4.69) is 26.1 Å². The number of halogens is 2. The molecule has 1 N–H and O–H groups in total. The van der Waals surface area contributed by atoms with Gasteiger partial charge < -0.3 is 5.32 Å². The summed E-state index contributed by atoms with van der Waals surface area (Å²) in [5.74, 6) is -0.324. The minimum atomic E-state index is -0.510. The molecule has 0 saturated heterocycles. The van der Waals surface area contributed by atoms with E-state index in [9.17, 15) is 8.78 Å². The van der Waals surface area contributed by atoms with Crippen molar-refractivity contribution in [3.63, 3.8) is 0 Å². The van der Waals surface area contributed by atoms with Gasteiger partial charge in [0.15, 0.2) is 0 Å². The van der Waals surface area contributed by atoms with Crippen molar-refractivity contribution in [2.24, 2.45) is 5.92 Å². The number of hydrogen-bond acceptors (Lipinski definition) is 1. The third-order valence-electron chi connectivity index (χ3n) is 3.22. The van der Waals surface area contributed by atoms with Crippen LogP contribution in [0.3, 0.4) is 0 Å². The molecule has 1 aromatic carbocycles. The Balaban J connectivity index is 2.54. The largest absolute Gasteiger partial charge is 0.314 e. The Kier molecular flexibility index (Phi) is 7.00. The molecule has 0 bridgehead atoms. The van der Waals surface area contributed by atoms with Crippen molar-refractivity contribution in [1.82, 2.24) is 5.32 Å². The zero-order valence-electron chi connectivity index (χ0n) is 12.2. The van der Waals surface area contributed by atoms with E-state index >= 15 is 0 Å². The van der Waals surface area contributed by atoms with Crippen LogP contribution in [0.1, 0.15) is 45.6 Å². The molecule has 0 aliphatic heterocycles. The second-order valence-electron chi connectivity index (χ2n) is 5.56. The van der Waals surface area contributed by atoms with Gasteiger partial charge in [-0.05, 0) is 49.8 Å². The second kappa shape index (κ2) is 8.26. The van der Waals surface area contributed by atoms with Crippen LogP contribution in [0.2, 0.25) is 0 Å². The van der Waals surface area contributed by atoms with Crippen molar-refractivity contribution >= 4 is 0 Å². The van der Waals surface area contributed by atoms with Gasteiger partial charge in [0.05, 0.1) is 0 Å². The van der Waals surface area contributed by atoms with Crippen LogP contribution in [0, 0.1) is 17.6 Å². The summed E-state index contributed by atoms with van der Waals surface area (Å²) in [7, 11) is 0. The molecule has 1 unspecified atom stereocenters. The highest BCUT2D eigenvalue weighted by Gasteiger charge is 2.12.